The van der Waals surface area contributed by atoms with Crippen LogP contribution >= 0.6 is 0 Å². The quantitative estimate of drug-likeness (QED) is 0.127. The van der Waals surface area contributed by atoms with Gasteiger partial charge in [0.25, 0.3) is 0 Å². The van der Waals surface area contributed by atoms with Crippen molar-refractivity contribution in [3.63, 3.8) is 0 Å². The fourth-order valence-electron chi connectivity index (χ4n) is 2.21. The molecule has 0 aliphatic rings. The molecule has 7 nitrogen and oxygen atoms in total. The lowest BCUT2D eigenvalue weighted by molar-refractivity contribution is -0.178. The zero-order valence-electron chi connectivity index (χ0n) is 21.0. The minimum Gasteiger partial charge on any atom is -0.462 e. The van der Waals surface area contributed by atoms with Crippen LogP contribution in [0.25, 0.3) is 0 Å². The normalized spacial score (nSPS) is 11.1. The summed E-state index contributed by atoms with van der Waals surface area (Å²) in [5.41, 5.74) is 1.54. The minimum absolute atomic E-state index is 0.0859. The van der Waals surface area contributed by atoms with Crippen LogP contribution < -0.4 is 4.74 Å². The van der Waals surface area contributed by atoms with Crippen molar-refractivity contribution in [3.05, 3.63) is 42.0 Å². The maximum absolute atomic E-state index is 11.6. The van der Waals surface area contributed by atoms with E-state index in [0.717, 1.165) is 19.3 Å². The molecule has 1 unspecified atom stereocenters. The molecule has 1 rings (SSSR count). The van der Waals surface area contributed by atoms with Crippen molar-refractivity contribution in [1.82, 2.24) is 0 Å². The molecular formula is C26H40O7. The van der Waals surface area contributed by atoms with E-state index in [1.54, 1.807) is 39.8 Å². The highest BCUT2D eigenvalue weighted by atomic mass is 16.7. The second-order valence-corrected chi connectivity index (χ2v) is 7.87. The molecule has 1 aromatic rings. The van der Waals surface area contributed by atoms with Crippen LogP contribution in [0.4, 0.5) is 0 Å². The molecule has 0 aromatic heterocycles. The number of carbonyl (C=O) groups is 3. The third-order valence-electron chi connectivity index (χ3n) is 4.27. The fraction of sp³-hybridized carbons (Fsp3) is 0.577. The summed E-state index contributed by atoms with van der Waals surface area (Å²) in [4.78, 5) is 33.7. The van der Waals surface area contributed by atoms with Crippen molar-refractivity contribution in [2.24, 2.45) is 5.92 Å². The van der Waals surface area contributed by atoms with E-state index in [-0.39, 0.29) is 30.9 Å². The van der Waals surface area contributed by atoms with E-state index in [9.17, 15) is 14.4 Å². The van der Waals surface area contributed by atoms with Gasteiger partial charge in [0.05, 0.1) is 19.1 Å². The van der Waals surface area contributed by atoms with Gasteiger partial charge in [-0.3, -0.25) is 9.59 Å². The molecule has 186 valence electrons. The lowest BCUT2D eigenvalue weighted by Crippen LogP contribution is -2.21. The highest BCUT2D eigenvalue weighted by Crippen LogP contribution is 2.13. The van der Waals surface area contributed by atoms with Crippen molar-refractivity contribution in [3.8, 4) is 5.75 Å². The smallest absolute Gasteiger partial charge is 0.333 e. The standard InChI is InChI=1S/C16H20O4.C10H20O3/c1-4-13-7-9-14(10-8-13)20-15(17)6-5-11-19-16(18)12(2)3;1-5-6-7-12-9(4)13-10(11)8(2)3/h7-10H,2,4-6,11H2,1,3H3;8-9H,5-7H2,1-4H3. The summed E-state index contributed by atoms with van der Waals surface area (Å²) in [7, 11) is 0. The molecule has 0 heterocycles. The van der Waals surface area contributed by atoms with E-state index in [1.807, 2.05) is 12.1 Å². The average molecular weight is 465 g/mol. The van der Waals surface area contributed by atoms with Crippen LogP contribution in [0.5, 0.6) is 5.75 Å². The maximum atomic E-state index is 11.6. The summed E-state index contributed by atoms with van der Waals surface area (Å²) in [6.45, 7) is 15.4. The number of hydrogen-bond donors (Lipinski definition) is 0. The Morgan fingerprint density at radius 2 is 1.61 bits per heavy atom. The van der Waals surface area contributed by atoms with Gasteiger partial charge in [0, 0.05) is 12.0 Å². The zero-order valence-corrected chi connectivity index (χ0v) is 21.0. The Hall–Kier alpha value is -2.67. The first-order chi connectivity index (χ1) is 15.6. The third kappa shape index (κ3) is 15.7. The highest BCUT2D eigenvalue weighted by molar-refractivity contribution is 5.86. The number of carbonyl (C=O) groups excluding carboxylic acids is 3. The number of unbranched alkanes of at least 4 members (excludes halogenated alkanes) is 1. The summed E-state index contributed by atoms with van der Waals surface area (Å²) in [5.74, 6) is -0.526. The molecule has 7 heteroatoms. The summed E-state index contributed by atoms with van der Waals surface area (Å²) in [6.07, 6.45) is 3.27. The van der Waals surface area contributed by atoms with Crippen molar-refractivity contribution in [2.75, 3.05) is 13.2 Å². The molecule has 1 atom stereocenters. The Kier molecular flexibility index (Phi) is 16.4. The number of hydrogen-bond acceptors (Lipinski definition) is 7. The molecule has 0 aliphatic heterocycles. The van der Waals surface area contributed by atoms with E-state index < -0.39 is 12.3 Å². The zero-order chi connectivity index (χ0) is 25.2. The van der Waals surface area contributed by atoms with Crippen molar-refractivity contribution >= 4 is 17.9 Å². The lowest BCUT2D eigenvalue weighted by Gasteiger charge is -2.15. The molecule has 0 spiro atoms. The lowest BCUT2D eigenvalue weighted by atomic mass is 10.2. The van der Waals surface area contributed by atoms with Gasteiger partial charge in [0.15, 0.2) is 6.29 Å². The number of benzene rings is 1. The molecule has 0 saturated heterocycles. The van der Waals surface area contributed by atoms with Crippen molar-refractivity contribution in [1.29, 1.82) is 0 Å². The number of ether oxygens (including phenoxy) is 4. The molecule has 1 aromatic carbocycles. The first-order valence-corrected chi connectivity index (χ1v) is 11.5. The van der Waals surface area contributed by atoms with Crippen LogP contribution in [-0.2, 0) is 35.0 Å². The SMILES string of the molecule is C=C(C)C(=O)OCCCC(=O)Oc1ccc(CC)cc1.CCCCOC(C)OC(=O)C(C)C. The summed E-state index contributed by atoms with van der Waals surface area (Å²) in [6, 6.07) is 7.41. The summed E-state index contributed by atoms with van der Waals surface area (Å²) < 4.78 is 20.3. The summed E-state index contributed by atoms with van der Waals surface area (Å²) in [5, 5.41) is 0. The average Bonchev–Trinajstić information content (AvgIpc) is 2.77. The van der Waals surface area contributed by atoms with Crippen LogP contribution in [-0.4, -0.2) is 37.4 Å². The van der Waals surface area contributed by atoms with Gasteiger partial charge in [0.1, 0.15) is 5.75 Å². The van der Waals surface area contributed by atoms with Gasteiger partial charge in [-0.05, 0) is 50.8 Å². The Labute approximate surface area is 198 Å². The van der Waals surface area contributed by atoms with Gasteiger partial charge < -0.3 is 18.9 Å². The van der Waals surface area contributed by atoms with Gasteiger partial charge in [-0.15, -0.1) is 0 Å². The Morgan fingerprint density at radius 1 is 0.970 bits per heavy atom. The van der Waals surface area contributed by atoms with E-state index in [2.05, 4.69) is 20.4 Å². The predicted octanol–water partition coefficient (Wildman–Crippen LogP) is 5.40. The van der Waals surface area contributed by atoms with E-state index in [1.165, 1.54) is 5.56 Å². The van der Waals surface area contributed by atoms with Crippen LogP contribution in [0.3, 0.4) is 0 Å². The predicted molar refractivity (Wildman–Crippen MR) is 128 cm³/mol. The van der Waals surface area contributed by atoms with Crippen LogP contribution in [0.1, 0.15) is 72.8 Å². The third-order valence-corrected chi connectivity index (χ3v) is 4.27. The van der Waals surface area contributed by atoms with E-state index in [0.29, 0.717) is 24.4 Å². The Bertz CT molecular complexity index is 723. The van der Waals surface area contributed by atoms with Crippen molar-refractivity contribution in [2.45, 2.75) is 79.9 Å². The molecule has 0 N–H and O–H groups in total. The molecule has 0 radical (unpaired) electrons. The second kappa shape index (κ2) is 17.8. The molecule has 0 amide bonds. The Balaban J connectivity index is 0.000000684. The molecular weight excluding hydrogens is 424 g/mol. The van der Waals surface area contributed by atoms with Crippen LogP contribution in [0.2, 0.25) is 0 Å². The van der Waals surface area contributed by atoms with Crippen molar-refractivity contribution < 1.29 is 33.3 Å². The minimum atomic E-state index is -0.437. The first kappa shape index (κ1) is 30.3. The van der Waals surface area contributed by atoms with Gasteiger partial charge in [-0.2, -0.15) is 0 Å². The fourth-order valence-corrected chi connectivity index (χ4v) is 2.21. The topological polar surface area (TPSA) is 88.1 Å². The number of aryl methyl sites for hydroxylation is 1. The van der Waals surface area contributed by atoms with Gasteiger partial charge >= 0.3 is 17.9 Å². The van der Waals surface area contributed by atoms with Crippen LogP contribution in [0.15, 0.2) is 36.4 Å². The largest absolute Gasteiger partial charge is 0.462 e. The van der Waals surface area contributed by atoms with E-state index in [4.69, 9.17) is 18.9 Å². The maximum Gasteiger partial charge on any atom is 0.333 e. The number of esters is 3. The molecule has 0 bridgehead atoms. The number of rotatable bonds is 13. The monoisotopic (exact) mass is 464 g/mol. The van der Waals surface area contributed by atoms with Gasteiger partial charge in [-0.25, -0.2) is 4.79 Å². The summed E-state index contributed by atoms with van der Waals surface area (Å²) >= 11 is 0. The molecule has 33 heavy (non-hydrogen) atoms. The highest BCUT2D eigenvalue weighted by Gasteiger charge is 2.12. The van der Waals surface area contributed by atoms with Gasteiger partial charge in [-0.1, -0.05) is 52.8 Å². The van der Waals surface area contributed by atoms with Crippen LogP contribution in [0, 0.1) is 5.92 Å². The van der Waals surface area contributed by atoms with Gasteiger partial charge in [0.2, 0.25) is 0 Å². The van der Waals surface area contributed by atoms with E-state index >= 15 is 0 Å². The Morgan fingerprint density at radius 3 is 2.12 bits per heavy atom. The second-order valence-electron chi connectivity index (χ2n) is 7.87. The molecule has 0 saturated carbocycles. The molecule has 0 fully saturated rings. The molecule has 0 aliphatic carbocycles. The first-order valence-electron chi connectivity index (χ1n) is 11.5.